The quantitative estimate of drug-likeness (QED) is 0.717. The molecule has 2 N–H and O–H groups in total. The van der Waals surface area contributed by atoms with Gasteiger partial charge in [-0.3, -0.25) is 9.59 Å². The van der Waals surface area contributed by atoms with Gasteiger partial charge in [-0.15, -0.1) is 0 Å². The zero-order chi connectivity index (χ0) is 12.0. The second-order valence-corrected chi connectivity index (χ2v) is 3.55. The Morgan fingerprint density at radius 2 is 1.94 bits per heavy atom. The van der Waals surface area contributed by atoms with Crippen molar-refractivity contribution in [1.29, 1.82) is 0 Å². The zero-order valence-electron chi connectivity index (χ0n) is 9.14. The van der Waals surface area contributed by atoms with Gasteiger partial charge in [-0.1, -0.05) is 30.3 Å². The summed E-state index contributed by atoms with van der Waals surface area (Å²) in [5, 5.41) is 11.4. The summed E-state index contributed by atoms with van der Waals surface area (Å²) < 4.78 is 0. The number of hydrogen-bond donors (Lipinski definition) is 2. The maximum atomic E-state index is 11.4. The standard InChI is InChI=1S/C12H15NO3/c1-9(14)13-12(16)11(15)8-7-10-5-3-2-4-6-10/h2-6,12,16H,7-8H2,1H3,(H,13,14). The molecular formula is C12H15NO3. The maximum Gasteiger partial charge on any atom is 0.219 e. The number of Topliss-reactive ketones (excluding diaryl/α,β-unsaturated/α-hetero) is 1. The van der Waals surface area contributed by atoms with Crippen LogP contribution in [-0.2, 0) is 16.0 Å². The summed E-state index contributed by atoms with van der Waals surface area (Å²) in [5.41, 5.74) is 1.03. The molecule has 0 aliphatic rings. The summed E-state index contributed by atoms with van der Waals surface area (Å²) in [5.74, 6) is -0.792. The Kier molecular flexibility index (Phi) is 4.66. The molecule has 1 atom stereocenters. The van der Waals surface area contributed by atoms with E-state index >= 15 is 0 Å². The Labute approximate surface area is 94.3 Å². The molecule has 1 rings (SSSR count). The SMILES string of the molecule is CC(=O)NC(O)C(=O)CCc1ccccc1. The lowest BCUT2D eigenvalue weighted by atomic mass is 10.1. The van der Waals surface area contributed by atoms with Gasteiger partial charge < -0.3 is 10.4 Å². The van der Waals surface area contributed by atoms with Crippen molar-refractivity contribution in [2.75, 3.05) is 0 Å². The molecule has 16 heavy (non-hydrogen) atoms. The fraction of sp³-hybridized carbons (Fsp3) is 0.333. The number of amides is 1. The van der Waals surface area contributed by atoms with Crippen LogP contribution in [0.25, 0.3) is 0 Å². The van der Waals surface area contributed by atoms with Crippen LogP contribution in [0.15, 0.2) is 30.3 Å². The number of hydrogen-bond acceptors (Lipinski definition) is 3. The van der Waals surface area contributed by atoms with Crippen LogP contribution in [0.4, 0.5) is 0 Å². The molecule has 1 amide bonds. The van der Waals surface area contributed by atoms with Gasteiger partial charge in [0.15, 0.2) is 12.0 Å². The molecule has 0 aliphatic heterocycles. The Balaban J connectivity index is 2.38. The van der Waals surface area contributed by atoms with Gasteiger partial charge in [-0.05, 0) is 12.0 Å². The van der Waals surface area contributed by atoms with Crippen LogP contribution in [0, 0.1) is 0 Å². The number of carbonyl (C=O) groups is 2. The fourth-order valence-corrected chi connectivity index (χ4v) is 1.32. The van der Waals surface area contributed by atoms with Crippen molar-refractivity contribution in [3.63, 3.8) is 0 Å². The molecule has 1 aromatic carbocycles. The number of aliphatic hydroxyl groups excluding tert-OH is 1. The van der Waals surface area contributed by atoms with Crippen molar-refractivity contribution in [1.82, 2.24) is 5.32 Å². The molecule has 0 saturated carbocycles. The Bertz CT molecular complexity index is 362. The summed E-state index contributed by atoms with van der Waals surface area (Å²) in [4.78, 5) is 22.0. The molecule has 86 valence electrons. The zero-order valence-corrected chi connectivity index (χ0v) is 9.14. The number of ketones is 1. The number of aryl methyl sites for hydroxylation is 1. The van der Waals surface area contributed by atoms with E-state index in [1.54, 1.807) is 0 Å². The van der Waals surface area contributed by atoms with E-state index in [9.17, 15) is 14.7 Å². The lowest BCUT2D eigenvalue weighted by Crippen LogP contribution is -2.39. The Morgan fingerprint density at radius 1 is 1.31 bits per heavy atom. The predicted octanol–water partition coefficient (Wildman–Crippen LogP) is 0.643. The molecule has 0 aromatic heterocycles. The number of benzene rings is 1. The topological polar surface area (TPSA) is 66.4 Å². The van der Waals surface area contributed by atoms with E-state index in [2.05, 4.69) is 5.32 Å². The number of carbonyl (C=O) groups excluding carboxylic acids is 2. The van der Waals surface area contributed by atoms with Crippen LogP contribution in [-0.4, -0.2) is 23.0 Å². The van der Waals surface area contributed by atoms with E-state index in [0.29, 0.717) is 6.42 Å². The lowest BCUT2D eigenvalue weighted by molar-refractivity contribution is -0.134. The first kappa shape index (κ1) is 12.4. The van der Waals surface area contributed by atoms with Crippen LogP contribution in [0.5, 0.6) is 0 Å². The molecule has 0 radical (unpaired) electrons. The summed E-state index contributed by atoms with van der Waals surface area (Å²) in [6.45, 7) is 1.26. The maximum absolute atomic E-state index is 11.4. The third kappa shape index (κ3) is 4.23. The average Bonchev–Trinajstić information content (AvgIpc) is 2.26. The van der Waals surface area contributed by atoms with E-state index in [1.807, 2.05) is 30.3 Å². The monoisotopic (exact) mass is 221 g/mol. The fourth-order valence-electron chi connectivity index (χ4n) is 1.32. The van der Waals surface area contributed by atoms with Crippen LogP contribution in [0.2, 0.25) is 0 Å². The minimum Gasteiger partial charge on any atom is -0.367 e. The van der Waals surface area contributed by atoms with Crippen LogP contribution >= 0.6 is 0 Å². The largest absolute Gasteiger partial charge is 0.367 e. The lowest BCUT2D eigenvalue weighted by Gasteiger charge is -2.09. The van der Waals surface area contributed by atoms with Gasteiger partial charge in [0.1, 0.15) is 0 Å². The average molecular weight is 221 g/mol. The summed E-state index contributed by atoms with van der Waals surface area (Å²) in [6.07, 6.45) is -0.608. The van der Waals surface area contributed by atoms with Gasteiger partial charge in [-0.25, -0.2) is 0 Å². The van der Waals surface area contributed by atoms with E-state index in [-0.39, 0.29) is 12.2 Å². The molecule has 0 bridgehead atoms. The van der Waals surface area contributed by atoms with Crippen LogP contribution < -0.4 is 5.32 Å². The summed E-state index contributed by atoms with van der Waals surface area (Å²) in [7, 11) is 0. The van der Waals surface area contributed by atoms with E-state index in [4.69, 9.17) is 0 Å². The van der Waals surface area contributed by atoms with E-state index < -0.39 is 12.1 Å². The molecule has 0 heterocycles. The van der Waals surface area contributed by atoms with Crippen molar-refractivity contribution in [2.24, 2.45) is 0 Å². The van der Waals surface area contributed by atoms with Crippen molar-refractivity contribution in [3.8, 4) is 0 Å². The van der Waals surface area contributed by atoms with Crippen molar-refractivity contribution in [3.05, 3.63) is 35.9 Å². The van der Waals surface area contributed by atoms with Gasteiger partial charge in [-0.2, -0.15) is 0 Å². The van der Waals surface area contributed by atoms with E-state index in [1.165, 1.54) is 6.92 Å². The van der Waals surface area contributed by atoms with Crippen molar-refractivity contribution in [2.45, 2.75) is 26.0 Å². The molecular weight excluding hydrogens is 206 g/mol. The van der Waals surface area contributed by atoms with Crippen molar-refractivity contribution >= 4 is 11.7 Å². The number of nitrogens with one attached hydrogen (secondary N) is 1. The summed E-state index contributed by atoms with van der Waals surface area (Å²) >= 11 is 0. The second kappa shape index (κ2) is 6.02. The smallest absolute Gasteiger partial charge is 0.219 e. The predicted molar refractivity (Wildman–Crippen MR) is 59.6 cm³/mol. The molecule has 1 aromatic rings. The Hall–Kier alpha value is -1.68. The molecule has 0 spiro atoms. The first-order valence-corrected chi connectivity index (χ1v) is 5.11. The first-order valence-electron chi connectivity index (χ1n) is 5.11. The van der Waals surface area contributed by atoms with Gasteiger partial charge in [0, 0.05) is 13.3 Å². The highest BCUT2D eigenvalue weighted by Crippen LogP contribution is 2.03. The third-order valence-corrected chi connectivity index (χ3v) is 2.15. The third-order valence-electron chi connectivity index (χ3n) is 2.15. The molecule has 0 saturated heterocycles. The molecule has 4 nitrogen and oxygen atoms in total. The minimum atomic E-state index is -1.39. The number of aliphatic hydroxyl groups is 1. The molecule has 0 fully saturated rings. The normalized spacial score (nSPS) is 11.9. The highest BCUT2D eigenvalue weighted by Gasteiger charge is 2.14. The summed E-state index contributed by atoms with van der Waals surface area (Å²) in [6, 6.07) is 9.52. The molecule has 4 heteroatoms. The van der Waals surface area contributed by atoms with Gasteiger partial charge in [0.2, 0.25) is 5.91 Å². The van der Waals surface area contributed by atoms with E-state index in [0.717, 1.165) is 5.56 Å². The minimum absolute atomic E-state index is 0.214. The van der Waals surface area contributed by atoms with Crippen LogP contribution in [0.3, 0.4) is 0 Å². The van der Waals surface area contributed by atoms with Gasteiger partial charge >= 0.3 is 0 Å². The molecule has 1 unspecified atom stereocenters. The Morgan fingerprint density at radius 3 is 2.50 bits per heavy atom. The highest BCUT2D eigenvalue weighted by molar-refractivity contribution is 5.87. The second-order valence-electron chi connectivity index (χ2n) is 3.55. The molecule has 0 aliphatic carbocycles. The highest BCUT2D eigenvalue weighted by atomic mass is 16.3. The first-order chi connectivity index (χ1) is 7.59. The van der Waals surface area contributed by atoms with Crippen LogP contribution in [0.1, 0.15) is 18.9 Å². The van der Waals surface area contributed by atoms with Crippen molar-refractivity contribution < 1.29 is 14.7 Å². The van der Waals surface area contributed by atoms with Gasteiger partial charge in [0.25, 0.3) is 0 Å². The van der Waals surface area contributed by atoms with Gasteiger partial charge in [0.05, 0.1) is 0 Å². The number of rotatable bonds is 5.